The lowest BCUT2D eigenvalue weighted by molar-refractivity contribution is -0.151. The van der Waals surface area contributed by atoms with Gasteiger partial charge in [0.1, 0.15) is 17.2 Å². The Balaban J connectivity index is 1.48. The number of nitrogens with zero attached hydrogens (tertiary/aromatic N) is 3. The van der Waals surface area contributed by atoms with Crippen LogP contribution in [0.3, 0.4) is 0 Å². The predicted octanol–water partition coefficient (Wildman–Crippen LogP) is 3.88. The summed E-state index contributed by atoms with van der Waals surface area (Å²) in [5.74, 6) is -0.629. The molecule has 0 bridgehead atoms. The van der Waals surface area contributed by atoms with E-state index in [1.807, 2.05) is 6.07 Å². The summed E-state index contributed by atoms with van der Waals surface area (Å²) in [6, 6.07) is 4.95. The number of halogens is 1. The standard InChI is InChI=1S/C20H20FN3O3S2/c1-2-27-20(26)12-5-4-8-24(9-12)15(25)10-28-19-18-17(22-11-23-19)16-13(21)6-3-7-14(16)29-18/h3,6-7,11-12H,2,4-5,8-10H2,1H3. The zero-order valence-electron chi connectivity index (χ0n) is 15.9. The Bertz CT molecular complexity index is 1070. The number of thioether (sulfide) groups is 1. The first kappa shape index (κ1) is 20.0. The lowest BCUT2D eigenvalue weighted by Crippen LogP contribution is -2.43. The second kappa shape index (κ2) is 8.62. The van der Waals surface area contributed by atoms with Crippen molar-refractivity contribution in [3.8, 4) is 0 Å². The lowest BCUT2D eigenvalue weighted by Gasteiger charge is -2.31. The zero-order valence-corrected chi connectivity index (χ0v) is 17.5. The van der Waals surface area contributed by atoms with Crippen LogP contribution in [0.5, 0.6) is 0 Å². The number of amides is 1. The first-order valence-electron chi connectivity index (χ1n) is 9.47. The molecule has 152 valence electrons. The summed E-state index contributed by atoms with van der Waals surface area (Å²) in [6.07, 6.45) is 2.94. The van der Waals surface area contributed by atoms with E-state index in [4.69, 9.17) is 4.74 Å². The summed E-state index contributed by atoms with van der Waals surface area (Å²) in [6.45, 7) is 3.16. The van der Waals surface area contributed by atoms with E-state index in [1.165, 1.54) is 35.5 Å². The number of likely N-dealkylation sites (tertiary alicyclic amines) is 1. The number of piperidine rings is 1. The van der Waals surface area contributed by atoms with Gasteiger partial charge in [-0.3, -0.25) is 9.59 Å². The molecule has 1 amide bonds. The highest BCUT2D eigenvalue weighted by atomic mass is 32.2. The first-order chi connectivity index (χ1) is 14.1. The zero-order chi connectivity index (χ0) is 20.4. The molecule has 0 spiro atoms. The number of rotatable bonds is 5. The normalized spacial score (nSPS) is 17.0. The van der Waals surface area contributed by atoms with Gasteiger partial charge in [0.2, 0.25) is 5.91 Å². The maximum atomic E-state index is 14.2. The molecule has 0 radical (unpaired) electrons. The minimum atomic E-state index is -0.308. The molecular formula is C20H20FN3O3S2. The van der Waals surface area contributed by atoms with E-state index in [9.17, 15) is 14.0 Å². The lowest BCUT2D eigenvalue weighted by atomic mass is 9.98. The van der Waals surface area contributed by atoms with Gasteiger partial charge < -0.3 is 9.64 Å². The molecule has 9 heteroatoms. The molecule has 0 aliphatic carbocycles. The summed E-state index contributed by atoms with van der Waals surface area (Å²) in [4.78, 5) is 35.0. The Hall–Kier alpha value is -2.26. The van der Waals surface area contributed by atoms with Crippen molar-refractivity contribution < 1.29 is 18.7 Å². The van der Waals surface area contributed by atoms with Crippen LogP contribution in [0.4, 0.5) is 4.39 Å². The molecule has 29 heavy (non-hydrogen) atoms. The maximum Gasteiger partial charge on any atom is 0.310 e. The molecule has 6 nitrogen and oxygen atoms in total. The Morgan fingerprint density at radius 2 is 2.24 bits per heavy atom. The number of benzene rings is 1. The van der Waals surface area contributed by atoms with Crippen molar-refractivity contribution in [3.63, 3.8) is 0 Å². The van der Waals surface area contributed by atoms with Gasteiger partial charge >= 0.3 is 5.97 Å². The van der Waals surface area contributed by atoms with Crippen molar-refractivity contribution in [3.05, 3.63) is 30.3 Å². The minimum Gasteiger partial charge on any atom is -0.466 e. The van der Waals surface area contributed by atoms with Crippen LogP contribution in [-0.4, -0.2) is 52.2 Å². The topological polar surface area (TPSA) is 72.4 Å². The highest BCUT2D eigenvalue weighted by Crippen LogP contribution is 2.38. The fourth-order valence-corrected chi connectivity index (χ4v) is 5.69. The van der Waals surface area contributed by atoms with Gasteiger partial charge in [-0.25, -0.2) is 14.4 Å². The van der Waals surface area contributed by atoms with Crippen molar-refractivity contribution >= 4 is 55.3 Å². The van der Waals surface area contributed by atoms with Crippen LogP contribution in [0.2, 0.25) is 0 Å². The summed E-state index contributed by atoms with van der Waals surface area (Å²) in [5, 5.41) is 1.17. The molecule has 1 aliphatic heterocycles. The van der Waals surface area contributed by atoms with E-state index in [1.54, 1.807) is 17.9 Å². The van der Waals surface area contributed by atoms with E-state index < -0.39 is 0 Å². The van der Waals surface area contributed by atoms with Crippen LogP contribution in [0.1, 0.15) is 19.8 Å². The molecular weight excluding hydrogens is 413 g/mol. The average molecular weight is 434 g/mol. The molecule has 2 aromatic heterocycles. The highest BCUT2D eigenvalue weighted by Gasteiger charge is 2.29. The van der Waals surface area contributed by atoms with Gasteiger partial charge in [0.05, 0.1) is 33.9 Å². The quantitative estimate of drug-likeness (QED) is 0.345. The van der Waals surface area contributed by atoms with Crippen molar-refractivity contribution in [2.24, 2.45) is 5.92 Å². The largest absolute Gasteiger partial charge is 0.466 e. The van der Waals surface area contributed by atoms with Crippen molar-refractivity contribution in [2.75, 3.05) is 25.4 Å². The fourth-order valence-electron chi connectivity index (χ4n) is 3.54. The number of thiophene rings is 1. The van der Waals surface area contributed by atoms with Crippen LogP contribution in [0.25, 0.3) is 20.3 Å². The number of hydrogen-bond acceptors (Lipinski definition) is 7. The van der Waals surface area contributed by atoms with Crippen molar-refractivity contribution in [1.29, 1.82) is 0 Å². The van der Waals surface area contributed by atoms with E-state index in [-0.39, 0.29) is 29.4 Å². The van der Waals surface area contributed by atoms with Gasteiger partial charge in [-0.1, -0.05) is 17.8 Å². The van der Waals surface area contributed by atoms with Gasteiger partial charge in [0, 0.05) is 17.8 Å². The molecule has 1 unspecified atom stereocenters. The van der Waals surface area contributed by atoms with Crippen LogP contribution < -0.4 is 0 Å². The van der Waals surface area contributed by atoms with E-state index in [0.29, 0.717) is 35.6 Å². The molecule has 0 N–H and O–H groups in total. The molecule has 0 saturated carbocycles. The maximum absolute atomic E-state index is 14.2. The van der Waals surface area contributed by atoms with Gasteiger partial charge in [-0.05, 0) is 31.9 Å². The number of carbonyl (C=O) groups is 2. The Labute approximate surface area is 175 Å². The highest BCUT2D eigenvalue weighted by molar-refractivity contribution is 8.00. The van der Waals surface area contributed by atoms with E-state index in [2.05, 4.69) is 9.97 Å². The number of fused-ring (bicyclic) bond motifs is 3. The molecule has 1 fully saturated rings. The molecule has 1 saturated heterocycles. The second-order valence-corrected chi connectivity index (χ2v) is 8.81. The second-order valence-electron chi connectivity index (χ2n) is 6.79. The van der Waals surface area contributed by atoms with E-state index >= 15 is 0 Å². The molecule has 3 aromatic rings. The molecule has 4 rings (SSSR count). The third-order valence-electron chi connectivity index (χ3n) is 4.92. The number of esters is 1. The van der Waals surface area contributed by atoms with Crippen LogP contribution in [0, 0.1) is 11.7 Å². The SMILES string of the molecule is CCOC(=O)C1CCCN(C(=O)CSc2ncnc3c2sc2cccc(F)c23)C1. The van der Waals surface area contributed by atoms with Gasteiger partial charge in [0.25, 0.3) is 0 Å². The average Bonchev–Trinajstić information content (AvgIpc) is 3.13. The molecule has 1 aliphatic rings. The van der Waals surface area contributed by atoms with Crippen molar-refractivity contribution in [2.45, 2.75) is 24.8 Å². The minimum absolute atomic E-state index is 0.0388. The van der Waals surface area contributed by atoms with Crippen molar-refractivity contribution in [1.82, 2.24) is 14.9 Å². The van der Waals surface area contributed by atoms with Crippen LogP contribution in [0.15, 0.2) is 29.6 Å². The molecule has 1 aromatic carbocycles. The summed E-state index contributed by atoms with van der Waals surface area (Å²) in [5.41, 5.74) is 0.577. The smallest absolute Gasteiger partial charge is 0.310 e. The molecule has 1 atom stereocenters. The Kier molecular flexibility index (Phi) is 5.96. The fraction of sp³-hybridized carbons (Fsp3) is 0.400. The summed E-state index contributed by atoms with van der Waals surface area (Å²) < 4.78 is 20.9. The van der Waals surface area contributed by atoms with Gasteiger partial charge in [0.15, 0.2) is 0 Å². The van der Waals surface area contributed by atoms with Crippen LogP contribution in [-0.2, 0) is 14.3 Å². The van der Waals surface area contributed by atoms with Crippen LogP contribution >= 0.6 is 23.1 Å². The third-order valence-corrected chi connectivity index (χ3v) is 7.18. The Morgan fingerprint density at radius 3 is 3.07 bits per heavy atom. The van der Waals surface area contributed by atoms with Gasteiger partial charge in [-0.2, -0.15) is 0 Å². The third kappa shape index (κ3) is 4.06. The molecule has 3 heterocycles. The number of ether oxygens (including phenoxy) is 1. The first-order valence-corrected chi connectivity index (χ1v) is 11.3. The summed E-state index contributed by atoms with van der Waals surface area (Å²) in [7, 11) is 0. The number of aromatic nitrogens is 2. The Morgan fingerprint density at radius 1 is 1.38 bits per heavy atom. The number of hydrogen-bond donors (Lipinski definition) is 0. The number of carbonyl (C=O) groups excluding carboxylic acids is 2. The van der Waals surface area contributed by atoms with E-state index in [0.717, 1.165) is 22.2 Å². The monoisotopic (exact) mass is 433 g/mol. The summed E-state index contributed by atoms with van der Waals surface area (Å²) >= 11 is 2.75. The predicted molar refractivity (Wildman–Crippen MR) is 112 cm³/mol. The van der Waals surface area contributed by atoms with Gasteiger partial charge in [-0.15, -0.1) is 11.3 Å².